The molecule has 0 saturated carbocycles. The van der Waals surface area contributed by atoms with Crippen molar-refractivity contribution in [2.45, 2.75) is 33.2 Å². The number of rotatable bonds is 5. The largest absolute Gasteiger partial charge is 0.382 e. The summed E-state index contributed by atoms with van der Waals surface area (Å²) in [4.78, 5) is 16.3. The Morgan fingerprint density at radius 1 is 1.10 bits per heavy atom. The summed E-state index contributed by atoms with van der Waals surface area (Å²) in [5.74, 6) is -0.199. The van der Waals surface area contributed by atoms with E-state index >= 15 is 0 Å². The van der Waals surface area contributed by atoms with Gasteiger partial charge >= 0.3 is 0 Å². The van der Waals surface area contributed by atoms with Crippen molar-refractivity contribution in [3.63, 3.8) is 0 Å². The Labute approximate surface area is 125 Å². The predicted octanol–water partition coefficient (Wildman–Crippen LogP) is 3.72. The average Bonchev–Trinajstić information content (AvgIpc) is 2.48. The zero-order valence-electron chi connectivity index (χ0n) is 12.7. The van der Waals surface area contributed by atoms with Gasteiger partial charge in [-0.3, -0.25) is 4.79 Å². The van der Waals surface area contributed by atoms with E-state index in [0.717, 1.165) is 17.8 Å². The molecule has 110 valence electrons. The highest BCUT2D eigenvalue weighted by Crippen LogP contribution is 2.12. The molecule has 0 aliphatic carbocycles. The summed E-state index contributed by atoms with van der Waals surface area (Å²) in [5, 5.41) is 6.09. The second-order valence-corrected chi connectivity index (χ2v) is 5.24. The molecule has 0 aliphatic rings. The minimum absolute atomic E-state index is 0.199. The molecule has 0 atom stereocenters. The van der Waals surface area contributed by atoms with Crippen LogP contribution in [0.25, 0.3) is 0 Å². The van der Waals surface area contributed by atoms with Crippen LogP contribution in [0.15, 0.2) is 42.6 Å². The van der Waals surface area contributed by atoms with Gasteiger partial charge in [-0.15, -0.1) is 0 Å². The summed E-state index contributed by atoms with van der Waals surface area (Å²) in [6.45, 7) is 6.21. The van der Waals surface area contributed by atoms with Gasteiger partial charge < -0.3 is 10.6 Å². The van der Waals surface area contributed by atoms with Crippen molar-refractivity contribution in [1.29, 1.82) is 0 Å². The van der Waals surface area contributed by atoms with Crippen LogP contribution in [0.3, 0.4) is 0 Å². The first-order valence-corrected chi connectivity index (χ1v) is 7.21. The Morgan fingerprint density at radius 2 is 1.76 bits per heavy atom. The molecule has 0 unspecified atom stereocenters. The Bertz CT molecular complexity index is 588. The molecule has 0 radical (unpaired) electrons. The SMILES string of the molecule is CCc1ccc(NC(=O)c2ccc(NC(C)C)cn2)cc1. The Balaban J connectivity index is 2.02. The fourth-order valence-electron chi connectivity index (χ4n) is 1.97. The molecule has 2 rings (SSSR count). The molecule has 1 aromatic carbocycles. The first-order valence-electron chi connectivity index (χ1n) is 7.21. The van der Waals surface area contributed by atoms with Gasteiger partial charge in [-0.1, -0.05) is 19.1 Å². The van der Waals surface area contributed by atoms with Gasteiger partial charge in [-0.25, -0.2) is 4.98 Å². The lowest BCUT2D eigenvalue weighted by molar-refractivity contribution is 0.102. The van der Waals surface area contributed by atoms with Crippen LogP contribution >= 0.6 is 0 Å². The molecule has 0 aliphatic heterocycles. The van der Waals surface area contributed by atoms with E-state index in [2.05, 4.69) is 36.4 Å². The molecular weight excluding hydrogens is 262 g/mol. The number of pyridine rings is 1. The third-order valence-electron chi connectivity index (χ3n) is 3.07. The molecule has 2 N–H and O–H groups in total. The minimum Gasteiger partial charge on any atom is -0.382 e. The highest BCUT2D eigenvalue weighted by Gasteiger charge is 2.07. The third-order valence-corrected chi connectivity index (χ3v) is 3.07. The van der Waals surface area contributed by atoms with Crippen molar-refractivity contribution in [2.75, 3.05) is 10.6 Å². The number of hydrogen-bond acceptors (Lipinski definition) is 3. The van der Waals surface area contributed by atoms with Crippen LogP contribution in [0.5, 0.6) is 0 Å². The molecule has 4 heteroatoms. The van der Waals surface area contributed by atoms with Crippen LogP contribution in [0.1, 0.15) is 36.8 Å². The normalized spacial score (nSPS) is 10.5. The van der Waals surface area contributed by atoms with Crippen molar-refractivity contribution >= 4 is 17.3 Å². The second-order valence-electron chi connectivity index (χ2n) is 5.24. The maximum Gasteiger partial charge on any atom is 0.274 e. The molecule has 1 amide bonds. The minimum atomic E-state index is -0.199. The number of anilines is 2. The molecule has 4 nitrogen and oxygen atoms in total. The van der Waals surface area contributed by atoms with Gasteiger partial charge in [0.05, 0.1) is 11.9 Å². The lowest BCUT2D eigenvalue weighted by Crippen LogP contribution is -2.14. The van der Waals surface area contributed by atoms with E-state index in [9.17, 15) is 4.79 Å². The fraction of sp³-hybridized carbons (Fsp3) is 0.294. The molecule has 21 heavy (non-hydrogen) atoms. The van der Waals surface area contributed by atoms with E-state index in [1.165, 1.54) is 5.56 Å². The van der Waals surface area contributed by atoms with Crippen molar-refractivity contribution in [3.8, 4) is 0 Å². The standard InChI is InChI=1S/C17H21N3O/c1-4-13-5-7-14(8-6-13)20-17(21)16-10-9-15(11-18-16)19-12(2)3/h5-12,19H,4H2,1-3H3,(H,20,21). The second kappa shape index (κ2) is 6.88. The fourth-order valence-corrected chi connectivity index (χ4v) is 1.97. The van der Waals surface area contributed by atoms with Crippen LogP contribution in [0.4, 0.5) is 11.4 Å². The van der Waals surface area contributed by atoms with Gasteiger partial charge in [0, 0.05) is 11.7 Å². The summed E-state index contributed by atoms with van der Waals surface area (Å²) in [6, 6.07) is 11.8. The molecule has 0 spiro atoms. The zero-order valence-corrected chi connectivity index (χ0v) is 12.7. The summed E-state index contributed by atoms with van der Waals surface area (Å²) < 4.78 is 0. The number of amides is 1. The molecule has 0 fully saturated rings. The van der Waals surface area contributed by atoms with E-state index < -0.39 is 0 Å². The number of carbonyl (C=O) groups excluding carboxylic acids is 1. The number of aromatic nitrogens is 1. The van der Waals surface area contributed by atoms with Crippen molar-refractivity contribution in [1.82, 2.24) is 4.98 Å². The average molecular weight is 283 g/mol. The zero-order chi connectivity index (χ0) is 15.2. The monoisotopic (exact) mass is 283 g/mol. The Kier molecular flexibility index (Phi) is 4.93. The molecule has 1 aromatic heterocycles. The number of hydrogen-bond donors (Lipinski definition) is 2. The van der Waals surface area contributed by atoms with E-state index in [4.69, 9.17) is 0 Å². The van der Waals surface area contributed by atoms with Gasteiger partial charge in [0.15, 0.2) is 0 Å². The van der Waals surface area contributed by atoms with Crippen molar-refractivity contribution in [2.24, 2.45) is 0 Å². The lowest BCUT2D eigenvalue weighted by atomic mass is 10.1. The number of benzene rings is 1. The quantitative estimate of drug-likeness (QED) is 0.879. The Hall–Kier alpha value is -2.36. The smallest absolute Gasteiger partial charge is 0.274 e. The molecule has 0 bridgehead atoms. The van der Waals surface area contributed by atoms with Crippen molar-refractivity contribution < 1.29 is 4.79 Å². The van der Waals surface area contributed by atoms with E-state index in [0.29, 0.717) is 11.7 Å². The van der Waals surface area contributed by atoms with Gasteiger partial charge in [-0.2, -0.15) is 0 Å². The number of nitrogens with zero attached hydrogens (tertiary/aromatic N) is 1. The highest BCUT2D eigenvalue weighted by molar-refractivity contribution is 6.02. The van der Waals surface area contributed by atoms with E-state index in [1.54, 1.807) is 12.3 Å². The summed E-state index contributed by atoms with van der Waals surface area (Å²) in [5.41, 5.74) is 3.34. The van der Waals surface area contributed by atoms with Gasteiger partial charge in [0.2, 0.25) is 0 Å². The predicted molar refractivity (Wildman–Crippen MR) is 86.8 cm³/mol. The molecule has 2 aromatic rings. The van der Waals surface area contributed by atoms with Crippen molar-refractivity contribution in [3.05, 3.63) is 53.9 Å². The van der Waals surface area contributed by atoms with Crippen LogP contribution in [0.2, 0.25) is 0 Å². The first kappa shape index (κ1) is 15.0. The molecule has 1 heterocycles. The van der Waals surface area contributed by atoms with Crippen LogP contribution in [0, 0.1) is 0 Å². The van der Waals surface area contributed by atoms with Crippen LogP contribution in [-0.2, 0) is 6.42 Å². The number of nitrogens with one attached hydrogen (secondary N) is 2. The van der Waals surface area contributed by atoms with Gasteiger partial charge in [-0.05, 0) is 50.1 Å². The highest BCUT2D eigenvalue weighted by atomic mass is 16.1. The number of carbonyl (C=O) groups is 1. The molecule has 0 saturated heterocycles. The third kappa shape index (κ3) is 4.31. The summed E-state index contributed by atoms with van der Waals surface area (Å²) in [6.07, 6.45) is 2.66. The molecular formula is C17H21N3O. The van der Waals surface area contributed by atoms with E-state index in [-0.39, 0.29) is 5.91 Å². The summed E-state index contributed by atoms with van der Waals surface area (Å²) in [7, 11) is 0. The summed E-state index contributed by atoms with van der Waals surface area (Å²) >= 11 is 0. The van der Waals surface area contributed by atoms with Gasteiger partial charge in [0.1, 0.15) is 5.69 Å². The van der Waals surface area contributed by atoms with E-state index in [1.807, 2.05) is 30.3 Å². The van der Waals surface area contributed by atoms with Gasteiger partial charge in [0.25, 0.3) is 5.91 Å². The van der Waals surface area contributed by atoms with Crippen LogP contribution in [-0.4, -0.2) is 16.9 Å². The first-order chi connectivity index (χ1) is 10.1. The maximum absolute atomic E-state index is 12.1. The maximum atomic E-state index is 12.1. The Morgan fingerprint density at radius 3 is 2.29 bits per heavy atom. The topological polar surface area (TPSA) is 54.0 Å². The van der Waals surface area contributed by atoms with Crippen LogP contribution < -0.4 is 10.6 Å². The lowest BCUT2D eigenvalue weighted by Gasteiger charge is -2.10. The number of aryl methyl sites for hydroxylation is 1.